The van der Waals surface area contributed by atoms with E-state index < -0.39 is 0 Å². The van der Waals surface area contributed by atoms with Crippen molar-refractivity contribution in [2.24, 2.45) is 0 Å². The molecule has 6 nitrogen and oxygen atoms in total. The van der Waals surface area contributed by atoms with Gasteiger partial charge < -0.3 is 14.8 Å². The normalized spacial score (nSPS) is 13.5. The molecule has 6 heteroatoms. The Hall–Kier alpha value is -4.06. The van der Waals surface area contributed by atoms with Gasteiger partial charge in [0.05, 0.1) is 25.5 Å². The van der Waals surface area contributed by atoms with Crippen LogP contribution in [0.2, 0.25) is 0 Å². The quantitative estimate of drug-likeness (QED) is 0.522. The van der Waals surface area contributed by atoms with Crippen molar-refractivity contribution in [1.82, 2.24) is 4.90 Å². The Morgan fingerprint density at radius 3 is 2.24 bits per heavy atom. The average molecular weight is 443 g/mol. The van der Waals surface area contributed by atoms with Gasteiger partial charge in [-0.3, -0.25) is 14.5 Å². The molecule has 0 saturated carbocycles. The fourth-order valence-corrected chi connectivity index (χ4v) is 3.94. The SMILES string of the molecule is COc1ccc(C)cc1NC1=C(c2ccccc2OC)C(=O)N(CCc2ccccc2)C1=O. The van der Waals surface area contributed by atoms with E-state index in [2.05, 4.69) is 5.32 Å². The van der Waals surface area contributed by atoms with Gasteiger partial charge in [-0.05, 0) is 42.7 Å². The minimum absolute atomic E-state index is 0.210. The highest BCUT2D eigenvalue weighted by molar-refractivity contribution is 6.37. The van der Waals surface area contributed by atoms with Crippen molar-refractivity contribution in [2.45, 2.75) is 13.3 Å². The molecular formula is C27H26N2O4. The van der Waals surface area contributed by atoms with E-state index in [0.717, 1.165) is 11.1 Å². The maximum Gasteiger partial charge on any atom is 0.278 e. The third-order valence-electron chi connectivity index (χ3n) is 5.63. The number of carbonyl (C=O) groups excluding carboxylic acids is 2. The van der Waals surface area contributed by atoms with E-state index in [1.54, 1.807) is 26.4 Å². The summed E-state index contributed by atoms with van der Waals surface area (Å²) in [5.41, 5.74) is 3.73. The van der Waals surface area contributed by atoms with Gasteiger partial charge in [0.2, 0.25) is 0 Å². The number of hydrogen-bond donors (Lipinski definition) is 1. The smallest absolute Gasteiger partial charge is 0.278 e. The summed E-state index contributed by atoms with van der Waals surface area (Å²) in [6.45, 7) is 2.23. The number of anilines is 1. The number of ether oxygens (including phenoxy) is 2. The second-order valence-corrected chi connectivity index (χ2v) is 7.78. The number of nitrogens with one attached hydrogen (secondary N) is 1. The van der Waals surface area contributed by atoms with Gasteiger partial charge >= 0.3 is 0 Å². The highest BCUT2D eigenvalue weighted by Crippen LogP contribution is 2.37. The van der Waals surface area contributed by atoms with Crippen LogP contribution >= 0.6 is 0 Å². The van der Waals surface area contributed by atoms with E-state index >= 15 is 0 Å². The van der Waals surface area contributed by atoms with Crippen molar-refractivity contribution in [3.8, 4) is 11.5 Å². The number of imide groups is 1. The third-order valence-corrected chi connectivity index (χ3v) is 5.63. The largest absolute Gasteiger partial charge is 0.496 e. The first kappa shape index (κ1) is 22.1. The summed E-state index contributed by atoms with van der Waals surface area (Å²) in [5, 5.41) is 3.20. The van der Waals surface area contributed by atoms with E-state index in [1.165, 1.54) is 4.90 Å². The lowest BCUT2D eigenvalue weighted by molar-refractivity contribution is -0.136. The predicted molar refractivity (Wildman–Crippen MR) is 128 cm³/mol. The van der Waals surface area contributed by atoms with Crippen molar-refractivity contribution in [3.63, 3.8) is 0 Å². The summed E-state index contributed by atoms with van der Waals surface area (Å²) in [6.07, 6.45) is 0.568. The number of carbonyl (C=O) groups is 2. The lowest BCUT2D eigenvalue weighted by Gasteiger charge is -2.16. The second-order valence-electron chi connectivity index (χ2n) is 7.78. The molecule has 0 radical (unpaired) electrons. The van der Waals surface area contributed by atoms with Crippen molar-refractivity contribution in [1.29, 1.82) is 0 Å². The van der Waals surface area contributed by atoms with Crippen LogP contribution in [-0.2, 0) is 16.0 Å². The van der Waals surface area contributed by atoms with Gasteiger partial charge in [-0.15, -0.1) is 0 Å². The molecule has 168 valence electrons. The molecule has 0 unspecified atom stereocenters. The van der Waals surface area contributed by atoms with Crippen LogP contribution in [0.4, 0.5) is 5.69 Å². The van der Waals surface area contributed by atoms with Crippen LogP contribution in [0.25, 0.3) is 5.57 Å². The lowest BCUT2D eigenvalue weighted by atomic mass is 10.0. The monoisotopic (exact) mass is 442 g/mol. The molecule has 33 heavy (non-hydrogen) atoms. The molecule has 4 rings (SSSR count). The van der Waals surface area contributed by atoms with Crippen molar-refractivity contribution in [3.05, 3.63) is 95.2 Å². The molecule has 3 aromatic carbocycles. The maximum absolute atomic E-state index is 13.5. The van der Waals surface area contributed by atoms with Gasteiger partial charge in [-0.1, -0.05) is 54.6 Å². The summed E-state index contributed by atoms with van der Waals surface area (Å²) < 4.78 is 11.0. The van der Waals surface area contributed by atoms with Gasteiger partial charge in [0.25, 0.3) is 11.8 Å². The van der Waals surface area contributed by atoms with E-state index in [1.807, 2.05) is 67.6 Å². The number of methoxy groups -OCH3 is 2. The number of amides is 2. The molecular weight excluding hydrogens is 416 g/mol. The van der Waals surface area contributed by atoms with Crippen LogP contribution in [0.15, 0.2) is 78.5 Å². The number of aryl methyl sites for hydroxylation is 1. The zero-order valence-electron chi connectivity index (χ0n) is 18.9. The molecule has 2 amide bonds. The van der Waals surface area contributed by atoms with Gasteiger partial charge in [0, 0.05) is 12.1 Å². The molecule has 3 aromatic rings. The molecule has 1 heterocycles. The maximum atomic E-state index is 13.5. The van der Waals surface area contributed by atoms with Crippen LogP contribution in [0.1, 0.15) is 16.7 Å². The van der Waals surface area contributed by atoms with Crippen molar-refractivity contribution >= 4 is 23.1 Å². The molecule has 1 aliphatic rings. The Morgan fingerprint density at radius 2 is 1.52 bits per heavy atom. The number of nitrogens with zero attached hydrogens (tertiary/aromatic N) is 1. The fraction of sp³-hybridized carbons (Fsp3) is 0.185. The minimum Gasteiger partial charge on any atom is -0.496 e. The molecule has 0 bridgehead atoms. The standard InChI is InChI=1S/C27H26N2O4/c1-18-13-14-23(33-3)21(17-18)28-25-24(20-11-7-8-12-22(20)32-2)26(30)29(27(25)31)16-15-19-9-5-4-6-10-19/h4-14,17,28H,15-16H2,1-3H3. The van der Waals surface area contributed by atoms with Gasteiger partial charge in [-0.25, -0.2) is 0 Å². The van der Waals surface area contributed by atoms with Crippen molar-refractivity contribution < 1.29 is 19.1 Å². The first-order valence-corrected chi connectivity index (χ1v) is 10.7. The molecule has 0 saturated heterocycles. The van der Waals surface area contributed by atoms with Crippen LogP contribution in [-0.4, -0.2) is 37.5 Å². The van der Waals surface area contributed by atoms with Crippen LogP contribution < -0.4 is 14.8 Å². The number of hydrogen-bond acceptors (Lipinski definition) is 5. The molecule has 0 atom stereocenters. The molecule has 0 aliphatic carbocycles. The Balaban J connectivity index is 1.75. The fourth-order valence-electron chi connectivity index (χ4n) is 3.94. The molecule has 0 aromatic heterocycles. The summed E-state index contributed by atoms with van der Waals surface area (Å²) >= 11 is 0. The third kappa shape index (κ3) is 4.46. The number of rotatable bonds is 8. The topological polar surface area (TPSA) is 67.9 Å². The second kappa shape index (κ2) is 9.61. The van der Waals surface area contributed by atoms with Gasteiger partial charge in [0.1, 0.15) is 17.2 Å². The Labute approximate surface area is 193 Å². The highest BCUT2D eigenvalue weighted by Gasteiger charge is 2.40. The average Bonchev–Trinajstić information content (AvgIpc) is 3.07. The van der Waals surface area contributed by atoms with Gasteiger partial charge in [-0.2, -0.15) is 0 Å². The van der Waals surface area contributed by atoms with Gasteiger partial charge in [0.15, 0.2) is 0 Å². The Morgan fingerprint density at radius 1 is 0.818 bits per heavy atom. The zero-order valence-corrected chi connectivity index (χ0v) is 18.9. The number of para-hydroxylation sites is 1. The summed E-state index contributed by atoms with van der Waals surface area (Å²) in [4.78, 5) is 28.4. The lowest BCUT2D eigenvalue weighted by Crippen LogP contribution is -2.34. The first-order valence-electron chi connectivity index (χ1n) is 10.7. The summed E-state index contributed by atoms with van der Waals surface area (Å²) in [5.74, 6) is 0.375. The summed E-state index contributed by atoms with van der Waals surface area (Å²) in [6, 6.07) is 22.6. The predicted octanol–water partition coefficient (Wildman–Crippen LogP) is 4.45. The molecule has 1 N–H and O–H groups in total. The Bertz CT molecular complexity index is 1220. The number of benzene rings is 3. The highest BCUT2D eigenvalue weighted by atomic mass is 16.5. The van der Waals surface area contributed by atoms with Crippen LogP contribution in [0.5, 0.6) is 11.5 Å². The van der Waals surface area contributed by atoms with Crippen LogP contribution in [0.3, 0.4) is 0 Å². The van der Waals surface area contributed by atoms with E-state index in [0.29, 0.717) is 29.2 Å². The van der Waals surface area contributed by atoms with E-state index in [-0.39, 0.29) is 29.6 Å². The van der Waals surface area contributed by atoms with Crippen molar-refractivity contribution in [2.75, 3.05) is 26.1 Å². The van der Waals surface area contributed by atoms with E-state index in [9.17, 15) is 9.59 Å². The summed E-state index contributed by atoms with van der Waals surface area (Å²) in [7, 11) is 3.11. The zero-order chi connectivity index (χ0) is 23.4. The Kier molecular flexibility index (Phi) is 6.45. The van der Waals surface area contributed by atoms with Crippen LogP contribution in [0, 0.1) is 6.92 Å². The molecule has 1 aliphatic heterocycles. The van der Waals surface area contributed by atoms with E-state index in [4.69, 9.17) is 9.47 Å². The first-order chi connectivity index (χ1) is 16.0. The molecule has 0 fully saturated rings. The minimum atomic E-state index is -0.375. The molecule has 0 spiro atoms.